The van der Waals surface area contributed by atoms with E-state index in [0.717, 1.165) is 32.1 Å². The number of pyridine rings is 1. The molecule has 0 radical (unpaired) electrons. The number of hydrogen-bond acceptors (Lipinski definition) is 5. The standard InChI is InChI=1S/C14H20BrN3O3/c1-2-10-3-5-14(19,6-4-10)9-17-13-12(18(20)21)7-11(15)8-16-13/h7-8,10,19H,2-6,9H2,1H3,(H,16,17). The summed E-state index contributed by atoms with van der Waals surface area (Å²) in [5.74, 6) is 0.889. The lowest BCUT2D eigenvalue weighted by Crippen LogP contribution is -2.40. The van der Waals surface area contributed by atoms with E-state index < -0.39 is 10.5 Å². The van der Waals surface area contributed by atoms with Crippen LogP contribution >= 0.6 is 15.9 Å². The topological polar surface area (TPSA) is 88.3 Å². The fraction of sp³-hybridized carbons (Fsp3) is 0.643. The smallest absolute Gasteiger partial charge is 0.312 e. The number of halogens is 1. The highest BCUT2D eigenvalue weighted by molar-refractivity contribution is 9.10. The van der Waals surface area contributed by atoms with Gasteiger partial charge in [0.25, 0.3) is 0 Å². The molecule has 0 aliphatic heterocycles. The second-order valence-electron chi connectivity index (χ2n) is 5.71. The normalized spacial score (nSPS) is 25.6. The fourth-order valence-electron chi connectivity index (χ4n) is 2.75. The van der Waals surface area contributed by atoms with E-state index in [1.54, 1.807) is 0 Å². The molecule has 7 heteroatoms. The fourth-order valence-corrected chi connectivity index (χ4v) is 3.07. The molecule has 1 aromatic heterocycles. The molecule has 21 heavy (non-hydrogen) atoms. The Morgan fingerprint density at radius 3 is 2.81 bits per heavy atom. The molecule has 2 N–H and O–H groups in total. The lowest BCUT2D eigenvalue weighted by atomic mass is 9.78. The van der Waals surface area contributed by atoms with Crippen LogP contribution in [-0.4, -0.2) is 27.2 Å². The molecule has 1 fully saturated rings. The summed E-state index contributed by atoms with van der Waals surface area (Å²) < 4.78 is 0.557. The third-order valence-electron chi connectivity index (χ3n) is 4.23. The molecular formula is C14H20BrN3O3. The molecule has 0 atom stereocenters. The maximum absolute atomic E-state index is 11.0. The van der Waals surface area contributed by atoms with Crippen LogP contribution in [0.15, 0.2) is 16.7 Å². The lowest BCUT2D eigenvalue weighted by molar-refractivity contribution is -0.384. The highest BCUT2D eigenvalue weighted by Crippen LogP contribution is 2.34. The number of nitrogens with one attached hydrogen (secondary N) is 1. The summed E-state index contributed by atoms with van der Waals surface area (Å²) in [6.07, 6.45) is 6.11. The highest BCUT2D eigenvalue weighted by atomic mass is 79.9. The van der Waals surface area contributed by atoms with Gasteiger partial charge < -0.3 is 10.4 Å². The van der Waals surface area contributed by atoms with Gasteiger partial charge in [0.05, 0.1) is 10.5 Å². The van der Waals surface area contributed by atoms with Crippen molar-refractivity contribution in [2.75, 3.05) is 11.9 Å². The first-order valence-corrected chi connectivity index (χ1v) is 7.99. The minimum atomic E-state index is -0.797. The number of aromatic nitrogens is 1. The molecule has 0 spiro atoms. The van der Waals surface area contributed by atoms with Gasteiger partial charge in [-0.1, -0.05) is 13.3 Å². The summed E-state index contributed by atoms with van der Waals surface area (Å²) in [6, 6.07) is 1.41. The van der Waals surface area contributed by atoms with Gasteiger partial charge in [-0.25, -0.2) is 4.98 Å². The zero-order valence-electron chi connectivity index (χ0n) is 12.0. The van der Waals surface area contributed by atoms with Crippen molar-refractivity contribution >= 4 is 27.4 Å². The Morgan fingerprint density at radius 1 is 1.57 bits per heavy atom. The summed E-state index contributed by atoms with van der Waals surface area (Å²) in [7, 11) is 0. The molecular weight excluding hydrogens is 338 g/mol. The van der Waals surface area contributed by atoms with E-state index in [1.807, 2.05) is 0 Å². The van der Waals surface area contributed by atoms with Crippen molar-refractivity contribution in [2.45, 2.75) is 44.6 Å². The zero-order valence-corrected chi connectivity index (χ0v) is 13.6. The average Bonchev–Trinajstić information content (AvgIpc) is 2.47. The van der Waals surface area contributed by atoms with Crippen LogP contribution in [0.1, 0.15) is 39.0 Å². The molecule has 1 saturated carbocycles. The van der Waals surface area contributed by atoms with Crippen molar-refractivity contribution in [1.29, 1.82) is 0 Å². The van der Waals surface area contributed by atoms with E-state index in [9.17, 15) is 15.2 Å². The van der Waals surface area contributed by atoms with Gasteiger partial charge in [-0.2, -0.15) is 0 Å². The lowest BCUT2D eigenvalue weighted by Gasteiger charge is -2.35. The van der Waals surface area contributed by atoms with E-state index in [0.29, 0.717) is 16.9 Å². The van der Waals surface area contributed by atoms with Gasteiger partial charge in [-0.3, -0.25) is 10.1 Å². The predicted molar refractivity (Wildman–Crippen MR) is 84.3 cm³/mol. The molecule has 1 aromatic rings. The van der Waals surface area contributed by atoms with Gasteiger partial charge in [0.15, 0.2) is 0 Å². The van der Waals surface area contributed by atoms with E-state index >= 15 is 0 Å². The van der Waals surface area contributed by atoms with Gasteiger partial charge in [0.1, 0.15) is 0 Å². The number of nitro groups is 1. The second-order valence-corrected chi connectivity index (χ2v) is 6.62. The summed E-state index contributed by atoms with van der Waals surface area (Å²) in [6.45, 7) is 2.46. The van der Waals surface area contributed by atoms with Crippen molar-refractivity contribution < 1.29 is 10.0 Å². The largest absolute Gasteiger partial charge is 0.388 e. The summed E-state index contributed by atoms with van der Waals surface area (Å²) >= 11 is 3.17. The molecule has 0 amide bonds. The first-order valence-electron chi connectivity index (χ1n) is 7.20. The Bertz CT molecular complexity index is 516. The van der Waals surface area contributed by atoms with E-state index in [4.69, 9.17) is 0 Å². The number of anilines is 1. The molecule has 1 aliphatic rings. The number of hydrogen-bond donors (Lipinski definition) is 2. The number of nitrogens with zero attached hydrogens (tertiary/aromatic N) is 2. The van der Waals surface area contributed by atoms with Crippen molar-refractivity contribution in [3.8, 4) is 0 Å². The first kappa shape index (κ1) is 16.2. The Kier molecular flexibility index (Phi) is 5.16. The molecule has 6 nitrogen and oxygen atoms in total. The van der Waals surface area contributed by atoms with Crippen molar-refractivity contribution in [3.63, 3.8) is 0 Å². The highest BCUT2D eigenvalue weighted by Gasteiger charge is 2.33. The third kappa shape index (κ3) is 4.14. The van der Waals surface area contributed by atoms with Crippen LogP contribution in [0.25, 0.3) is 0 Å². The molecule has 0 bridgehead atoms. The van der Waals surface area contributed by atoms with Crippen LogP contribution in [0, 0.1) is 16.0 Å². The SMILES string of the molecule is CCC1CCC(O)(CNc2ncc(Br)cc2[N+](=O)[O-])CC1. The van der Waals surface area contributed by atoms with Gasteiger partial charge in [0, 0.05) is 23.3 Å². The van der Waals surface area contributed by atoms with Gasteiger partial charge >= 0.3 is 5.69 Å². The summed E-state index contributed by atoms with van der Waals surface area (Å²) in [5, 5.41) is 24.5. The molecule has 1 heterocycles. The summed E-state index contributed by atoms with van der Waals surface area (Å²) in [4.78, 5) is 14.6. The van der Waals surface area contributed by atoms with Crippen molar-refractivity contribution in [2.24, 2.45) is 5.92 Å². The van der Waals surface area contributed by atoms with Gasteiger partial charge in [0.2, 0.25) is 5.82 Å². The van der Waals surface area contributed by atoms with Crippen LogP contribution in [0.2, 0.25) is 0 Å². The molecule has 116 valence electrons. The van der Waals surface area contributed by atoms with Crippen LogP contribution in [0.4, 0.5) is 11.5 Å². The van der Waals surface area contributed by atoms with E-state index in [-0.39, 0.29) is 11.5 Å². The maximum Gasteiger partial charge on any atom is 0.312 e. The monoisotopic (exact) mass is 357 g/mol. The maximum atomic E-state index is 11.0. The first-order chi connectivity index (χ1) is 9.93. The van der Waals surface area contributed by atoms with Crippen LogP contribution in [-0.2, 0) is 0 Å². The van der Waals surface area contributed by atoms with Gasteiger partial charge in [-0.05, 0) is 47.5 Å². The number of rotatable bonds is 5. The second kappa shape index (κ2) is 6.70. The van der Waals surface area contributed by atoms with E-state index in [1.165, 1.54) is 12.3 Å². The Balaban J connectivity index is 2.01. The molecule has 2 rings (SSSR count). The average molecular weight is 358 g/mol. The van der Waals surface area contributed by atoms with Crippen LogP contribution < -0.4 is 5.32 Å². The van der Waals surface area contributed by atoms with Crippen molar-refractivity contribution in [1.82, 2.24) is 4.98 Å². The zero-order chi connectivity index (χ0) is 15.5. The quantitative estimate of drug-likeness (QED) is 0.621. The van der Waals surface area contributed by atoms with Crippen LogP contribution in [0.5, 0.6) is 0 Å². The van der Waals surface area contributed by atoms with Crippen LogP contribution in [0.3, 0.4) is 0 Å². The summed E-state index contributed by atoms with van der Waals surface area (Å²) in [5.41, 5.74) is -0.885. The number of aliphatic hydroxyl groups is 1. The Morgan fingerprint density at radius 2 is 2.24 bits per heavy atom. The van der Waals surface area contributed by atoms with E-state index in [2.05, 4.69) is 33.2 Å². The minimum Gasteiger partial charge on any atom is -0.388 e. The molecule has 0 saturated heterocycles. The Labute approximate surface area is 132 Å². The molecule has 0 unspecified atom stereocenters. The van der Waals surface area contributed by atoms with Gasteiger partial charge in [-0.15, -0.1) is 0 Å². The molecule has 1 aliphatic carbocycles. The molecule has 0 aromatic carbocycles. The minimum absolute atomic E-state index is 0.0878. The predicted octanol–water partition coefficient (Wildman–Crippen LogP) is 3.50. The Hall–Kier alpha value is -1.21. The third-order valence-corrected chi connectivity index (χ3v) is 4.66. The van der Waals surface area contributed by atoms with Crippen molar-refractivity contribution in [3.05, 3.63) is 26.9 Å².